The summed E-state index contributed by atoms with van der Waals surface area (Å²) < 4.78 is 58.0. The second-order valence-electron chi connectivity index (χ2n) is 20.6. The van der Waals surface area contributed by atoms with Crippen LogP contribution < -0.4 is 16.1 Å². The summed E-state index contributed by atoms with van der Waals surface area (Å²) in [4.78, 5) is 53.1. The number of amides is 2. The number of hydrogen-bond acceptors (Lipinski definition) is 17. The van der Waals surface area contributed by atoms with Crippen LogP contribution in [0.4, 0.5) is 11.6 Å². The number of rotatable bonds is 16. The number of hydrogen-bond donors (Lipinski definition) is 5. The predicted octanol–water partition coefficient (Wildman–Crippen LogP) is 6.57. The summed E-state index contributed by atoms with van der Waals surface area (Å²) in [7, 11) is -10.3. The Morgan fingerprint density at radius 3 is 1.34 bits per heavy atom. The molecule has 0 spiro atoms. The Morgan fingerprint density at radius 2 is 1.00 bits per heavy atom. The van der Waals surface area contributed by atoms with Gasteiger partial charge < -0.3 is 39.2 Å². The van der Waals surface area contributed by atoms with Crippen LogP contribution in [0.2, 0.25) is 36.3 Å². The highest BCUT2D eigenvalue weighted by molar-refractivity contribution is 7.51. The highest BCUT2D eigenvalue weighted by atomic mass is 31.2. The lowest BCUT2D eigenvalue weighted by molar-refractivity contribution is -0.0522. The summed E-state index contributed by atoms with van der Waals surface area (Å²) in [6.07, 6.45) is -3.94. The van der Waals surface area contributed by atoms with Crippen molar-refractivity contribution < 1.29 is 51.7 Å². The number of nitrogens with zero attached hydrogens (tertiary/aromatic N) is 8. The molecule has 4 aromatic heterocycles. The third kappa shape index (κ3) is 10.7. The first-order valence-electron chi connectivity index (χ1n) is 23.1. The van der Waals surface area contributed by atoms with E-state index in [0.717, 1.165) is 0 Å². The van der Waals surface area contributed by atoms with Crippen LogP contribution in [0, 0.1) is 0 Å². The highest BCUT2D eigenvalue weighted by Crippen LogP contribution is 2.53. The highest BCUT2D eigenvalue weighted by Gasteiger charge is 2.57. The minimum atomic E-state index is -4.80. The molecule has 2 amide bonds. The molecule has 6 aromatic rings. The summed E-state index contributed by atoms with van der Waals surface area (Å²) in [5, 5.41) is 26.8. The van der Waals surface area contributed by atoms with Gasteiger partial charge in [-0.25, -0.2) is 40.0 Å². The Kier molecular flexibility index (Phi) is 14.7. The van der Waals surface area contributed by atoms with Gasteiger partial charge in [-0.05, 0) is 60.5 Å². The molecule has 0 saturated carbocycles. The minimum Gasteiger partial charge on any atom is -0.407 e. The van der Waals surface area contributed by atoms with E-state index in [1.165, 1.54) is 25.3 Å². The molecule has 6 heterocycles. The van der Waals surface area contributed by atoms with Crippen LogP contribution in [0.25, 0.3) is 22.3 Å². The number of nitrogens with one attached hydrogen (secondary N) is 2. The molecule has 22 nitrogen and oxygen atoms in total. The number of carbonyl (C=O) groups excluding carboxylic acids is 2. The Bertz CT molecular complexity index is 2730. The average Bonchev–Trinajstić information content (AvgIpc) is 4.10. The van der Waals surface area contributed by atoms with Crippen LogP contribution >= 0.6 is 7.75 Å². The van der Waals surface area contributed by atoms with Gasteiger partial charge in [0.25, 0.3) is 11.8 Å². The Balaban J connectivity index is 1.13. The lowest BCUT2D eigenvalue weighted by Crippen LogP contribution is -2.50. The number of fused-ring (bicyclic) bond motifs is 2. The summed E-state index contributed by atoms with van der Waals surface area (Å²) in [6, 6.07) is 17.3. The van der Waals surface area contributed by atoms with Crippen LogP contribution in [0.1, 0.15) is 74.7 Å². The standard InChI is InChI=1S/C46H62N11O11PSi2/c1-45(2,3)70(7,8)67-35-33(29(21-58)63-43(35)56-25-52-31-37(48-23-50-39(31)56)54-41(60)27-17-13-11-14-18-27)65-69(47,62)66-34-30(22-59)64-44(36(34)68-71(9,10)46(4,5)6)57-26-53-32-38(49-24-51-40(32)57)55-42(61)28-19-15-12-16-20-28/h11-20,23-26,29-30,33-36,43-44,58-59H,21-22H2,1-10H3,(H2,47,62)(H,48,50,54,60)(H,49,51,55,61)/t29-,30-,33+,34+,35+,36+,43+,44+/m0/s1. The largest absolute Gasteiger partial charge is 0.407 e. The molecule has 0 bridgehead atoms. The number of carbonyl (C=O) groups is 2. The lowest BCUT2D eigenvalue weighted by atomic mass is 10.1. The van der Waals surface area contributed by atoms with Crippen molar-refractivity contribution in [1.29, 1.82) is 0 Å². The number of ether oxygens (including phenoxy) is 2. The zero-order valence-corrected chi connectivity index (χ0v) is 44.2. The molecule has 2 saturated heterocycles. The van der Waals surface area contributed by atoms with E-state index in [9.17, 15) is 19.8 Å². The molecule has 380 valence electrons. The Labute approximate surface area is 412 Å². The van der Waals surface area contributed by atoms with E-state index >= 15 is 4.57 Å². The number of imidazole rings is 2. The number of benzene rings is 2. The van der Waals surface area contributed by atoms with E-state index in [0.29, 0.717) is 11.1 Å². The molecular weight excluding hydrogens is 970 g/mol. The predicted molar refractivity (Wildman–Crippen MR) is 267 cm³/mol. The van der Waals surface area contributed by atoms with Crippen molar-refractivity contribution in [2.75, 3.05) is 23.8 Å². The average molecular weight is 1030 g/mol. The van der Waals surface area contributed by atoms with Gasteiger partial charge in [0, 0.05) is 11.1 Å². The topological polar surface area (TPSA) is 284 Å². The second kappa shape index (κ2) is 20.0. The van der Waals surface area contributed by atoms with Gasteiger partial charge in [0.1, 0.15) is 49.3 Å². The SMILES string of the molecule is CC(C)(C)[Si](C)(C)O[C@@H]1[C@H](OP(N)(=O)O[C@H]2[C@@H](O[Si](C)(C)C(C)(C)C)[C@H](n3cnc4c(NC(=O)c5ccccc5)ncnc43)O[C@H]2CO)[C@H](CO)O[C@H]1n1cnc2c(NC(=O)c3ccccc3)ncnc21. The van der Waals surface area contributed by atoms with Crippen LogP contribution in [-0.4, -0.2) is 128 Å². The van der Waals surface area contributed by atoms with Crippen molar-refractivity contribution in [2.45, 2.75) is 127 Å². The molecule has 0 unspecified atom stereocenters. The van der Waals surface area contributed by atoms with Crippen LogP contribution in [-0.2, 0) is 31.9 Å². The number of nitrogens with two attached hydrogens (primary N) is 1. The maximum absolute atomic E-state index is 15.0. The smallest absolute Gasteiger partial charge is 0.403 e. The number of aliphatic hydroxyl groups is 2. The van der Waals surface area contributed by atoms with Gasteiger partial charge in [-0.3, -0.25) is 27.8 Å². The molecule has 2 aromatic carbocycles. The first-order chi connectivity index (χ1) is 33.4. The van der Waals surface area contributed by atoms with E-state index in [4.69, 9.17) is 32.9 Å². The van der Waals surface area contributed by atoms with Crippen molar-refractivity contribution in [3.8, 4) is 0 Å². The molecule has 0 radical (unpaired) electrons. The maximum Gasteiger partial charge on any atom is 0.403 e. The van der Waals surface area contributed by atoms with Gasteiger partial charge in [0.15, 0.2) is 63.1 Å². The molecule has 0 aliphatic carbocycles. The van der Waals surface area contributed by atoms with Crippen molar-refractivity contribution in [1.82, 2.24) is 39.0 Å². The zero-order chi connectivity index (χ0) is 51.3. The quantitative estimate of drug-likeness (QED) is 0.0506. The molecule has 71 heavy (non-hydrogen) atoms. The molecule has 6 N–H and O–H groups in total. The zero-order valence-electron chi connectivity index (χ0n) is 41.3. The second-order valence-corrected chi connectivity index (χ2v) is 31.6. The van der Waals surface area contributed by atoms with Crippen LogP contribution in [0.15, 0.2) is 86.0 Å². The van der Waals surface area contributed by atoms with Crippen molar-refractivity contribution in [3.05, 3.63) is 97.1 Å². The number of anilines is 2. The summed E-state index contributed by atoms with van der Waals surface area (Å²) >= 11 is 0. The fourth-order valence-corrected chi connectivity index (χ4v) is 11.7. The molecule has 2 fully saturated rings. The third-order valence-corrected chi connectivity index (χ3v) is 23.8. The van der Waals surface area contributed by atoms with Crippen LogP contribution in [0.3, 0.4) is 0 Å². The molecule has 2 aliphatic rings. The first-order valence-corrected chi connectivity index (χ1v) is 30.6. The molecular formula is C46H62N11O11PSi2. The monoisotopic (exact) mass is 1030 g/mol. The van der Waals surface area contributed by atoms with Gasteiger partial charge in [-0.1, -0.05) is 77.9 Å². The van der Waals surface area contributed by atoms with E-state index in [1.807, 2.05) is 67.7 Å². The van der Waals surface area contributed by atoms with E-state index < -0.39 is 98.5 Å². The lowest BCUT2D eigenvalue weighted by Gasteiger charge is -2.41. The summed E-state index contributed by atoms with van der Waals surface area (Å²) in [5.74, 6) is -0.529. The molecule has 8 atom stereocenters. The van der Waals surface area contributed by atoms with Gasteiger partial charge in [0.2, 0.25) is 0 Å². The maximum atomic E-state index is 15.0. The van der Waals surface area contributed by atoms with Gasteiger partial charge in [0.05, 0.1) is 25.9 Å². The Hall–Kier alpha value is -5.22. The van der Waals surface area contributed by atoms with Crippen molar-refractivity contribution in [3.63, 3.8) is 0 Å². The van der Waals surface area contributed by atoms with Crippen molar-refractivity contribution >= 4 is 70.2 Å². The van der Waals surface area contributed by atoms with E-state index in [1.54, 1.807) is 69.8 Å². The normalized spacial score (nSPS) is 24.1. The van der Waals surface area contributed by atoms with Crippen LogP contribution in [0.5, 0.6) is 0 Å². The summed E-state index contributed by atoms with van der Waals surface area (Å²) in [5.41, 5.74) is 8.49. The van der Waals surface area contributed by atoms with Crippen molar-refractivity contribution in [2.24, 2.45) is 5.50 Å². The van der Waals surface area contributed by atoms with Gasteiger partial charge in [-0.2, -0.15) is 0 Å². The first kappa shape index (κ1) is 52.1. The van der Waals surface area contributed by atoms with Gasteiger partial charge in [-0.15, -0.1) is 0 Å². The third-order valence-electron chi connectivity index (χ3n) is 13.7. The van der Waals surface area contributed by atoms with E-state index in [-0.39, 0.29) is 44.0 Å². The number of aromatic nitrogens is 8. The molecule has 25 heteroatoms. The fourth-order valence-electron chi connectivity index (χ4n) is 7.86. The summed E-state index contributed by atoms with van der Waals surface area (Å²) in [6.45, 7) is 19.1. The van der Waals surface area contributed by atoms with E-state index in [2.05, 4.69) is 40.5 Å². The molecule has 8 rings (SSSR count). The number of aliphatic hydroxyl groups excluding tert-OH is 2. The molecule has 2 aliphatic heterocycles. The van der Waals surface area contributed by atoms with Gasteiger partial charge >= 0.3 is 7.75 Å². The fraction of sp³-hybridized carbons (Fsp3) is 0.478. The minimum absolute atomic E-state index is 0.144. The Morgan fingerprint density at radius 1 is 0.634 bits per heavy atom.